The van der Waals surface area contributed by atoms with Gasteiger partial charge in [0, 0.05) is 22.4 Å². The first-order valence-corrected chi connectivity index (χ1v) is 8.13. The van der Waals surface area contributed by atoms with Crippen LogP contribution in [0, 0.1) is 13.8 Å². The predicted octanol–water partition coefficient (Wildman–Crippen LogP) is 4.79. The molecule has 0 radical (unpaired) electrons. The van der Waals surface area contributed by atoms with Crippen LogP contribution < -0.4 is 5.32 Å². The van der Waals surface area contributed by atoms with E-state index in [1.54, 1.807) is 36.4 Å². The van der Waals surface area contributed by atoms with E-state index in [0.717, 1.165) is 16.8 Å². The summed E-state index contributed by atoms with van der Waals surface area (Å²) < 4.78 is 0. The van der Waals surface area contributed by atoms with Gasteiger partial charge in [0.15, 0.2) is 5.78 Å². The molecule has 124 valence electrons. The standard InChI is InChI=1S/C22H19NO2/c1-15-8-13-20(16(2)14-15)23-22(25)19-11-9-18(10-12-19)21(24)17-6-4-3-5-7-17/h3-14H,1-2H3,(H,23,25). The molecule has 0 fully saturated rings. The van der Waals surface area contributed by atoms with Gasteiger partial charge in [0.05, 0.1) is 0 Å². The van der Waals surface area contributed by atoms with Crippen molar-refractivity contribution >= 4 is 17.4 Å². The van der Waals surface area contributed by atoms with Gasteiger partial charge in [-0.3, -0.25) is 9.59 Å². The Hall–Kier alpha value is -3.20. The van der Waals surface area contributed by atoms with E-state index in [0.29, 0.717) is 16.7 Å². The largest absolute Gasteiger partial charge is 0.322 e. The van der Waals surface area contributed by atoms with Crippen LogP contribution in [0.1, 0.15) is 37.4 Å². The number of rotatable bonds is 4. The number of hydrogen-bond acceptors (Lipinski definition) is 2. The molecular weight excluding hydrogens is 310 g/mol. The van der Waals surface area contributed by atoms with Gasteiger partial charge in [-0.05, 0) is 37.6 Å². The van der Waals surface area contributed by atoms with Gasteiger partial charge >= 0.3 is 0 Å². The molecule has 3 aromatic carbocycles. The Labute approximate surface area is 147 Å². The highest BCUT2D eigenvalue weighted by Crippen LogP contribution is 2.18. The number of aryl methyl sites for hydroxylation is 2. The third-order valence-corrected chi connectivity index (χ3v) is 4.08. The molecule has 0 bridgehead atoms. The number of hydrogen-bond donors (Lipinski definition) is 1. The van der Waals surface area contributed by atoms with Crippen molar-refractivity contribution in [1.29, 1.82) is 0 Å². The average Bonchev–Trinajstić information content (AvgIpc) is 2.64. The number of amides is 1. The van der Waals surface area contributed by atoms with Crippen molar-refractivity contribution < 1.29 is 9.59 Å². The van der Waals surface area contributed by atoms with Crippen molar-refractivity contribution in [3.8, 4) is 0 Å². The Kier molecular flexibility index (Phi) is 4.75. The van der Waals surface area contributed by atoms with Crippen molar-refractivity contribution in [3.63, 3.8) is 0 Å². The summed E-state index contributed by atoms with van der Waals surface area (Å²) in [5.74, 6) is -0.243. The Balaban J connectivity index is 1.75. The first-order valence-electron chi connectivity index (χ1n) is 8.13. The third kappa shape index (κ3) is 3.83. The topological polar surface area (TPSA) is 46.2 Å². The zero-order valence-corrected chi connectivity index (χ0v) is 14.2. The van der Waals surface area contributed by atoms with E-state index in [4.69, 9.17) is 0 Å². The molecule has 1 amide bonds. The lowest BCUT2D eigenvalue weighted by Gasteiger charge is -2.09. The van der Waals surface area contributed by atoms with E-state index < -0.39 is 0 Å². The minimum absolute atomic E-state index is 0.0538. The predicted molar refractivity (Wildman–Crippen MR) is 100 cm³/mol. The molecule has 0 aliphatic carbocycles. The smallest absolute Gasteiger partial charge is 0.255 e. The second-order valence-corrected chi connectivity index (χ2v) is 6.04. The van der Waals surface area contributed by atoms with E-state index in [-0.39, 0.29) is 11.7 Å². The molecular formula is C22H19NO2. The first kappa shape index (κ1) is 16.7. The summed E-state index contributed by atoms with van der Waals surface area (Å²) in [6.07, 6.45) is 0. The van der Waals surface area contributed by atoms with Gasteiger partial charge in [0.25, 0.3) is 5.91 Å². The molecule has 1 N–H and O–H groups in total. The van der Waals surface area contributed by atoms with Gasteiger partial charge in [0.1, 0.15) is 0 Å². The summed E-state index contributed by atoms with van der Waals surface area (Å²) in [6.45, 7) is 3.98. The van der Waals surface area contributed by atoms with Gasteiger partial charge in [-0.25, -0.2) is 0 Å². The van der Waals surface area contributed by atoms with Crippen LogP contribution in [-0.4, -0.2) is 11.7 Å². The molecule has 0 saturated heterocycles. The summed E-state index contributed by atoms with van der Waals surface area (Å²) in [6, 6.07) is 21.7. The van der Waals surface area contributed by atoms with Crippen LogP contribution in [0.3, 0.4) is 0 Å². The number of carbonyl (C=O) groups is 2. The Bertz CT molecular complexity index is 913. The molecule has 0 atom stereocenters. The van der Waals surface area contributed by atoms with Crippen LogP contribution in [-0.2, 0) is 0 Å². The molecule has 0 spiro atoms. The molecule has 0 unspecified atom stereocenters. The zero-order valence-electron chi connectivity index (χ0n) is 14.2. The van der Waals surface area contributed by atoms with Crippen LogP contribution >= 0.6 is 0 Å². The van der Waals surface area contributed by atoms with E-state index in [2.05, 4.69) is 5.32 Å². The summed E-state index contributed by atoms with van der Waals surface area (Å²) in [7, 11) is 0. The maximum Gasteiger partial charge on any atom is 0.255 e. The normalized spacial score (nSPS) is 10.3. The first-order chi connectivity index (χ1) is 12.0. The highest BCUT2D eigenvalue weighted by Gasteiger charge is 2.11. The lowest BCUT2D eigenvalue weighted by atomic mass is 10.0. The fraction of sp³-hybridized carbons (Fsp3) is 0.0909. The van der Waals surface area contributed by atoms with Crippen LogP contribution in [0.2, 0.25) is 0 Å². The van der Waals surface area contributed by atoms with Gasteiger partial charge in [-0.15, -0.1) is 0 Å². The Morgan fingerprint density at radius 2 is 1.32 bits per heavy atom. The molecule has 0 heterocycles. The van der Waals surface area contributed by atoms with Gasteiger partial charge in [-0.1, -0.05) is 60.2 Å². The fourth-order valence-corrected chi connectivity index (χ4v) is 2.68. The highest BCUT2D eigenvalue weighted by atomic mass is 16.1. The number of ketones is 1. The summed E-state index contributed by atoms with van der Waals surface area (Å²) in [4.78, 5) is 24.8. The number of nitrogens with one attached hydrogen (secondary N) is 1. The average molecular weight is 329 g/mol. The SMILES string of the molecule is Cc1ccc(NC(=O)c2ccc(C(=O)c3ccccc3)cc2)c(C)c1. The van der Waals surface area contributed by atoms with Crippen LogP contribution in [0.25, 0.3) is 0 Å². The maximum absolute atomic E-state index is 12.4. The molecule has 0 aliphatic heterocycles. The summed E-state index contributed by atoms with van der Waals surface area (Å²) in [5.41, 5.74) is 4.68. The molecule has 0 aromatic heterocycles. The van der Waals surface area contributed by atoms with E-state index in [1.807, 2.05) is 50.2 Å². The minimum atomic E-state index is -0.189. The van der Waals surface area contributed by atoms with Crippen molar-refractivity contribution in [2.75, 3.05) is 5.32 Å². The van der Waals surface area contributed by atoms with E-state index in [1.165, 1.54) is 0 Å². The Morgan fingerprint density at radius 1 is 0.720 bits per heavy atom. The van der Waals surface area contributed by atoms with Crippen LogP contribution in [0.4, 0.5) is 5.69 Å². The summed E-state index contributed by atoms with van der Waals surface area (Å²) in [5, 5.41) is 2.91. The lowest BCUT2D eigenvalue weighted by molar-refractivity contribution is 0.102. The van der Waals surface area contributed by atoms with Crippen molar-refractivity contribution in [1.82, 2.24) is 0 Å². The van der Waals surface area contributed by atoms with E-state index in [9.17, 15) is 9.59 Å². The molecule has 3 rings (SSSR count). The zero-order chi connectivity index (χ0) is 17.8. The van der Waals surface area contributed by atoms with E-state index >= 15 is 0 Å². The second kappa shape index (κ2) is 7.14. The number of carbonyl (C=O) groups excluding carboxylic acids is 2. The fourth-order valence-electron chi connectivity index (χ4n) is 2.68. The quantitative estimate of drug-likeness (QED) is 0.700. The molecule has 0 saturated carbocycles. The maximum atomic E-state index is 12.4. The molecule has 3 nitrogen and oxygen atoms in total. The van der Waals surface area contributed by atoms with Crippen molar-refractivity contribution in [2.24, 2.45) is 0 Å². The van der Waals surface area contributed by atoms with Gasteiger partial charge in [-0.2, -0.15) is 0 Å². The highest BCUT2D eigenvalue weighted by molar-refractivity contribution is 6.10. The van der Waals surface area contributed by atoms with Crippen molar-refractivity contribution in [2.45, 2.75) is 13.8 Å². The second-order valence-electron chi connectivity index (χ2n) is 6.04. The lowest BCUT2D eigenvalue weighted by Crippen LogP contribution is -2.13. The molecule has 3 aromatic rings. The molecule has 0 aliphatic rings. The minimum Gasteiger partial charge on any atom is -0.322 e. The van der Waals surface area contributed by atoms with Crippen LogP contribution in [0.5, 0.6) is 0 Å². The monoisotopic (exact) mass is 329 g/mol. The van der Waals surface area contributed by atoms with Gasteiger partial charge in [0.2, 0.25) is 0 Å². The number of benzene rings is 3. The number of anilines is 1. The Morgan fingerprint density at radius 3 is 1.96 bits per heavy atom. The third-order valence-electron chi connectivity index (χ3n) is 4.08. The summed E-state index contributed by atoms with van der Waals surface area (Å²) >= 11 is 0. The van der Waals surface area contributed by atoms with Gasteiger partial charge < -0.3 is 5.32 Å². The van der Waals surface area contributed by atoms with Crippen LogP contribution in [0.15, 0.2) is 72.8 Å². The van der Waals surface area contributed by atoms with Crippen molar-refractivity contribution in [3.05, 3.63) is 101 Å². The molecule has 3 heteroatoms. The molecule has 25 heavy (non-hydrogen) atoms.